The van der Waals surface area contributed by atoms with Crippen LogP contribution in [-0.2, 0) is 0 Å². The fourth-order valence-electron chi connectivity index (χ4n) is 1.63. The Hall–Kier alpha value is -0.100. The molecule has 0 aliphatic heterocycles. The normalized spacial score (nSPS) is 12.7. The highest BCUT2D eigenvalue weighted by Crippen LogP contribution is 2.39. The highest BCUT2D eigenvalue weighted by Gasteiger charge is 2.35. The van der Waals surface area contributed by atoms with Gasteiger partial charge in [-0.1, -0.05) is 74.1 Å². The first kappa shape index (κ1) is 19.2. The lowest BCUT2D eigenvalue weighted by Crippen LogP contribution is -2.41. The van der Waals surface area contributed by atoms with Crippen molar-refractivity contribution in [3.63, 3.8) is 0 Å². The molecule has 2 aromatic rings. The van der Waals surface area contributed by atoms with E-state index in [1.807, 2.05) is 0 Å². The van der Waals surface area contributed by atoms with Gasteiger partial charge in [0.25, 0.3) is 5.91 Å². The Morgan fingerprint density at radius 2 is 1.61 bits per heavy atom. The van der Waals surface area contributed by atoms with Gasteiger partial charge >= 0.3 is 0 Å². The smallest absolute Gasteiger partial charge is 0.252 e. The van der Waals surface area contributed by atoms with Crippen LogP contribution in [0.2, 0.25) is 5.02 Å². The Bertz CT molecular complexity index is 673. The van der Waals surface area contributed by atoms with Crippen LogP contribution in [-0.4, -0.2) is 15.1 Å². The molecular weight excluding hydrogens is 464 g/mol. The molecule has 122 valence electrons. The molecular formula is C15H10BrCl4NOS. The predicted octanol–water partition coefficient (Wildman–Crippen LogP) is 6.32. The third kappa shape index (κ3) is 6.04. The van der Waals surface area contributed by atoms with Gasteiger partial charge in [0.1, 0.15) is 5.37 Å². The van der Waals surface area contributed by atoms with Crippen LogP contribution in [0, 0.1) is 0 Å². The Morgan fingerprint density at radius 1 is 1.04 bits per heavy atom. The van der Waals surface area contributed by atoms with Crippen molar-refractivity contribution in [2.24, 2.45) is 0 Å². The summed E-state index contributed by atoms with van der Waals surface area (Å²) in [6.45, 7) is 0. The number of rotatable bonds is 4. The summed E-state index contributed by atoms with van der Waals surface area (Å²) in [7, 11) is 0. The van der Waals surface area contributed by atoms with Crippen LogP contribution in [0.3, 0.4) is 0 Å². The second kappa shape index (κ2) is 8.32. The van der Waals surface area contributed by atoms with Crippen LogP contribution in [0.15, 0.2) is 57.9 Å². The fourth-order valence-corrected chi connectivity index (χ4v) is 3.45. The van der Waals surface area contributed by atoms with Crippen molar-refractivity contribution in [2.45, 2.75) is 14.1 Å². The molecule has 0 unspecified atom stereocenters. The molecule has 23 heavy (non-hydrogen) atoms. The van der Waals surface area contributed by atoms with Crippen LogP contribution in [0.4, 0.5) is 0 Å². The maximum absolute atomic E-state index is 12.3. The minimum Gasteiger partial charge on any atom is -0.336 e. The van der Waals surface area contributed by atoms with E-state index < -0.39 is 9.17 Å². The highest BCUT2D eigenvalue weighted by atomic mass is 79.9. The first-order valence-electron chi connectivity index (χ1n) is 6.31. The van der Waals surface area contributed by atoms with E-state index in [4.69, 9.17) is 46.4 Å². The molecule has 1 amide bonds. The van der Waals surface area contributed by atoms with Crippen LogP contribution in [0.25, 0.3) is 0 Å². The third-order valence-electron chi connectivity index (χ3n) is 2.73. The monoisotopic (exact) mass is 471 g/mol. The minimum absolute atomic E-state index is 0.324. The van der Waals surface area contributed by atoms with Crippen molar-refractivity contribution in [3.05, 3.63) is 63.6 Å². The van der Waals surface area contributed by atoms with Gasteiger partial charge in [-0.2, -0.15) is 0 Å². The van der Waals surface area contributed by atoms with E-state index in [1.54, 1.807) is 48.5 Å². The largest absolute Gasteiger partial charge is 0.336 e. The van der Waals surface area contributed by atoms with Gasteiger partial charge < -0.3 is 5.32 Å². The SMILES string of the molecule is O=C(N[C@@H](Sc1ccc(Cl)cc1)C(Cl)(Cl)Cl)c1ccc(Br)cc1. The molecule has 2 aromatic carbocycles. The number of carbonyl (C=O) groups is 1. The van der Waals surface area contributed by atoms with E-state index >= 15 is 0 Å². The Morgan fingerprint density at radius 3 is 2.13 bits per heavy atom. The maximum atomic E-state index is 12.3. The molecule has 0 aliphatic rings. The van der Waals surface area contributed by atoms with Gasteiger partial charge in [-0.3, -0.25) is 4.79 Å². The lowest BCUT2D eigenvalue weighted by Gasteiger charge is -2.25. The summed E-state index contributed by atoms with van der Waals surface area (Å²) in [5.74, 6) is -0.324. The summed E-state index contributed by atoms with van der Waals surface area (Å²) in [4.78, 5) is 13.1. The molecule has 2 rings (SSSR count). The van der Waals surface area contributed by atoms with Crippen LogP contribution in [0.1, 0.15) is 10.4 Å². The van der Waals surface area contributed by atoms with E-state index in [2.05, 4.69) is 21.2 Å². The van der Waals surface area contributed by atoms with E-state index in [0.29, 0.717) is 10.6 Å². The Labute approximate surface area is 166 Å². The standard InChI is InChI=1S/C15H10BrCl4NOS/c16-10-3-1-9(2-4-10)13(22)21-14(15(18,19)20)23-12-7-5-11(17)6-8-12/h1-8,14H,(H,21,22)/t14-/m0/s1. The molecule has 8 heteroatoms. The fraction of sp³-hybridized carbons (Fsp3) is 0.133. The molecule has 0 heterocycles. The van der Waals surface area contributed by atoms with Crippen LogP contribution in [0.5, 0.6) is 0 Å². The number of thioether (sulfide) groups is 1. The maximum Gasteiger partial charge on any atom is 0.252 e. The van der Waals surface area contributed by atoms with E-state index in [1.165, 1.54) is 11.8 Å². The number of hydrogen-bond acceptors (Lipinski definition) is 2. The zero-order valence-corrected chi connectivity index (χ0v) is 16.8. The van der Waals surface area contributed by atoms with Crippen molar-refractivity contribution in [2.75, 3.05) is 0 Å². The molecule has 0 aliphatic carbocycles. The molecule has 0 saturated heterocycles. The van der Waals surface area contributed by atoms with E-state index in [9.17, 15) is 4.79 Å². The molecule has 0 saturated carbocycles. The van der Waals surface area contributed by atoms with Gasteiger partial charge in [-0.25, -0.2) is 0 Å². The van der Waals surface area contributed by atoms with E-state index in [0.717, 1.165) is 9.37 Å². The van der Waals surface area contributed by atoms with Crippen molar-refractivity contribution < 1.29 is 4.79 Å². The third-order valence-corrected chi connectivity index (χ3v) is 5.81. The first-order chi connectivity index (χ1) is 10.8. The molecule has 0 aromatic heterocycles. The number of hydrogen-bond donors (Lipinski definition) is 1. The Kier molecular flexibility index (Phi) is 6.96. The van der Waals surface area contributed by atoms with Gasteiger partial charge in [0.15, 0.2) is 0 Å². The quantitative estimate of drug-likeness (QED) is 0.320. The highest BCUT2D eigenvalue weighted by molar-refractivity contribution is 9.10. The summed E-state index contributed by atoms with van der Waals surface area (Å²) in [5.41, 5.74) is 0.476. The molecule has 0 spiro atoms. The van der Waals surface area contributed by atoms with Crippen molar-refractivity contribution >= 4 is 80.0 Å². The van der Waals surface area contributed by atoms with Crippen molar-refractivity contribution in [3.8, 4) is 0 Å². The second-order valence-corrected chi connectivity index (χ2v) is 9.37. The van der Waals surface area contributed by atoms with Gasteiger partial charge in [0, 0.05) is 20.0 Å². The van der Waals surface area contributed by atoms with Crippen LogP contribution < -0.4 is 5.32 Å². The average Bonchev–Trinajstić information content (AvgIpc) is 2.48. The number of amides is 1. The number of nitrogens with one attached hydrogen (secondary N) is 1. The lowest BCUT2D eigenvalue weighted by molar-refractivity contribution is 0.0950. The molecule has 1 N–H and O–H groups in total. The average molecular weight is 474 g/mol. The molecule has 0 fully saturated rings. The van der Waals surface area contributed by atoms with Crippen molar-refractivity contribution in [1.82, 2.24) is 5.32 Å². The number of benzene rings is 2. The summed E-state index contributed by atoms with van der Waals surface area (Å²) >= 11 is 28.4. The Balaban J connectivity index is 2.14. The van der Waals surface area contributed by atoms with Crippen molar-refractivity contribution in [1.29, 1.82) is 0 Å². The molecule has 2 nitrogen and oxygen atoms in total. The zero-order valence-electron chi connectivity index (χ0n) is 11.4. The number of alkyl halides is 3. The van der Waals surface area contributed by atoms with E-state index in [-0.39, 0.29) is 5.91 Å². The summed E-state index contributed by atoms with van der Waals surface area (Å²) in [5, 5.41) is 2.59. The molecule has 0 bridgehead atoms. The van der Waals surface area contributed by atoms with Gasteiger partial charge in [-0.05, 0) is 48.5 Å². The number of carbonyl (C=O) groups excluding carboxylic acids is 1. The molecule has 1 atom stereocenters. The summed E-state index contributed by atoms with van der Waals surface area (Å²) in [6, 6.07) is 14.0. The second-order valence-electron chi connectivity index (χ2n) is 4.47. The zero-order chi connectivity index (χ0) is 17.0. The minimum atomic E-state index is -1.67. The number of halogens is 5. The van der Waals surface area contributed by atoms with Gasteiger partial charge in [0.2, 0.25) is 3.79 Å². The first-order valence-corrected chi connectivity index (χ1v) is 9.49. The topological polar surface area (TPSA) is 29.1 Å². The predicted molar refractivity (Wildman–Crippen MR) is 103 cm³/mol. The summed E-state index contributed by atoms with van der Waals surface area (Å²) < 4.78 is -0.794. The van der Waals surface area contributed by atoms with Gasteiger partial charge in [0.05, 0.1) is 0 Å². The molecule has 0 radical (unpaired) electrons. The lowest BCUT2D eigenvalue weighted by atomic mass is 10.2. The van der Waals surface area contributed by atoms with Gasteiger partial charge in [-0.15, -0.1) is 0 Å². The van der Waals surface area contributed by atoms with Crippen LogP contribution >= 0.6 is 74.1 Å². The summed E-state index contributed by atoms with van der Waals surface area (Å²) in [6.07, 6.45) is 0.